The van der Waals surface area contributed by atoms with Gasteiger partial charge in [-0.3, -0.25) is 9.59 Å². The van der Waals surface area contributed by atoms with Crippen molar-refractivity contribution < 1.29 is 9.59 Å². The van der Waals surface area contributed by atoms with E-state index >= 15 is 0 Å². The molecule has 0 aliphatic carbocycles. The Kier molecular flexibility index (Phi) is 6.54. The van der Waals surface area contributed by atoms with Gasteiger partial charge in [0, 0.05) is 24.9 Å². The number of nitrogens with zero attached hydrogens (tertiary/aromatic N) is 1. The van der Waals surface area contributed by atoms with Crippen molar-refractivity contribution in [3.8, 4) is 0 Å². The number of anilines is 1. The largest absolute Gasteiger partial charge is 0.338 e. The van der Waals surface area contributed by atoms with Gasteiger partial charge in [-0.25, -0.2) is 0 Å². The van der Waals surface area contributed by atoms with Gasteiger partial charge in [0.25, 0.3) is 0 Å². The molecule has 2 aromatic carbocycles. The molecule has 6 heteroatoms. The smallest absolute Gasteiger partial charge is 0.246 e. The van der Waals surface area contributed by atoms with E-state index in [1.165, 1.54) is 6.08 Å². The third-order valence-corrected chi connectivity index (χ3v) is 5.25. The Bertz CT molecular complexity index is 853. The fourth-order valence-corrected chi connectivity index (χ4v) is 3.35. The average molecular weight is 403 g/mol. The summed E-state index contributed by atoms with van der Waals surface area (Å²) in [4.78, 5) is 26.7. The molecule has 0 aromatic heterocycles. The molecule has 1 N–H and O–H groups in total. The number of hydrogen-bond donors (Lipinski definition) is 1. The molecule has 1 atom stereocenters. The zero-order valence-electron chi connectivity index (χ0n) is 14.7. The Balaban J connectivity index is 1.59. The van der Waals surface area contributed by atoms with E-state index in [0.717, 1.165) is 24.1 Å². The first kappa shape index (κ1) is 19.5. The fraction of sp³-hybridized carbons (Fsp3) is 0.238. The van der Waals surface area contributed by atoms with Crippen LogP contribution < -0.4 is 5.32 Å². The van der Waals surface area contributed by atoms with E-state index in [1.807, 2.05) is 30.3 Å². The highest BCUT2D eigenvalue weighted by Gasteiger charge is 2.27. The summed E-state index contributed by atoms with van der Waals surface area (Å²) in [5.41, 5.74) is 1.57. The second-order valence-corrected chi connectivity index (χ2v) is 7.30. The van der Waals surface area contributed by atoms with Crippen molar-refractivity contribution in [1.82, 2.24) is 4.90 Å². The summed E-state index contributed by atoms with van der Waals surface area (Å²) in [5, 5.41) is 3.84. The summed E-state index contributed by atoms with van der Waals surface area (Å²) in [6, 6.07) is 14.5. The summed E-state index contributed by atoms with van der Waals surface area (Å²) in [7, 11) is 0. The number of para-hydroxylation sites is 1. The lowest BCUT2D eigenvalue weighted by Crippen LogP contribution is -2.43. The SMILES string of the molecule is O=C(Nc1ccccc1)C1CCCN(C(=O)C=Cc2ccc(Cl)c(Cl)c2)C1. The molecule has 0 radical (unpaired) electrons. The van der Waals surface area contributed by atoms with Gasteiger partial charge in [-0.1, -0.05) is 47.5 Å². The molecule has 0 bridgehead atoms. The van der Waals surface area contributed by atoms with Crippen LogP contribution in [0.4, 0.5) is 5.69 Å². The topological polar surface area (TPSA) is 49.4 Å². The predicted molar refractivity (Wildman–Crippen MR) is 110 cm³/mol. The highest BCUT2D eigenvalue weighted by Crippen LogP contribution is 2.23. The fourth-order valence-electron chi connectivity index (χ4n) is 3.05. The number of carbonyl (C=O) groups excluding carboxylic acids is 2. The van der Waals surface area contributed by atoms with Gasteiger partial charge in [0.1, 0.15) is 0 Å². The van der Waals surface area contributed by atoms with Gasteiger partial charge in [-0.2, -0.15) is 0 Å². The van der Waals surface area contributed by atoms with Gasteiger partial charge < -0.3 is 10.2 Å². The Morgan fingerprint density at radius 3 is 2.59 bits per heavy atom. The van der Waals surface area contributed by atoms with Crippen LogP contribution in [0.25, 0.3) is 6.08 Å². The molecule has 1 aliphatic rings. The third kappa shape index (κ3) is 5.34. The zero-order valence-corrected chi connectivity index (χ0v) is 16.2. The van der Waals surface area contributed by atoms with Crippen molar-refractivity contribution in [2.24, 2.45) is 5.92 Å². The van der Waals surface area contributed by atoms with Gasteiger partial charge in [0.2, 0.25) is 11.8 Å². The van der Waals surface area contributed by atoms with Crippen molar-refractivity contribution in [2.45, 2.75) is 12.8 Å². The first-order valence-corrected chi connectivity index (χ1v) is 9.56. The number of amides is 2. The van der Waals surface area contributed by atoms with E-state index in [1.54, 1.807) is 29.2 Å². The molecule has 140 valence electrons. The summed E-state index contributed by atoms with van der Waals surface area (Å²) in [5.74, 6) is -0.369. The van der Waals surface area contributed by atoms with E-state index in [0.29, 0.717) is 23.1 Å². The number of benzene rings is 2. The standard InChI is InChI=1S/C21H20Cl2N2O2/c22-18-10-8-15(13-19(18)23)9-11-20(26)25-12-4-5-16(14-25)21(27)24-17-6-2-1-3-7-17/h1-3,6-11,13,16H,4-5,12,14H2,(H,24,27). The van der Waals surface area contributed by atoms with Gasteiger partial charge in [-0.05, 0) is 48.7 Å². The summed E-state index contributed by atoms with van der Waals surface area (Å²) < 4.78 is 0. The van der Waals surface area contributed by atoms with E-state index in [-0.39, 0.29) is 17.7 Å². The summed E-state index contributed by atoms with van der Waals surface area (Å²) in [6.07, 6.45) is 4.80. The second kappa shape index (κ2) is 9.07. The van der Waals surface area contributed by atoms with Crippen molar-refractivity contribution in [2.75, 3.05) is 18.4 Å². The maximum atomic E-state index is 12.5. The molecule has 2 aromatic rings. The molecular formula is C21H20Cl2N2O2. The summed E-state index contributed by atoms with van der Waals surface area (Å²) >= 11 is 11.9. The molecule has 4 nitrogen and oxygen atoms in total. The van der Waals surface area contributed by atoms with Crippen LogP contribution in [0.1, 0.15) is 18.4 Å². The van der Waals surface area contributed by atoms with Gasteiger partial charge in [0.15, 0.2) is 0 Å². The predicted octanol–water partition coefficient (Wildman–Crippen LogP) is 4.88. The van der Waals surface area contributed by atoms with Crippen molar-refractivity contribution in [3.63, 3.8) is 0 Å². The van der Waals surface area contributed by atoms with Crippen LogP contribution in [0, 0.1) is 5.92 Å². The number of likely N-dealkylation sites (tertiary alicyclic amines) is 1. The third-order valence-electron chi connectivity index (χ3n) is 4.51. The minimum absolute atomic E-state index is 0.0489. The first-order valence-electron chi connectivity index (χ1n) is 8.81. The van der Waals surface area contributed by atoms with Crippen LogP contribution in [0.5, 0.6) is 0 Å². The lowest BCUT2D eigenvalue weighted by atomic mass is 9.97. The summed E-state index contributed by atoms with van der Waals surface area (Å²) in [6.45, 7) is 1.07. The minimum atomic E-state index is -0.207. The van der Waals surface area contributed by atoms with Crippen LogP contribution in [-0.2, 0) is 9.59 Å². The van der Waals surface area contributed by atoms with Crippen LogP contribution in [0.15, 0.2) is 54.6 Å². The molecule has 1 fully saturated rings. The monoisotopic (exact) mass is 402 g/mol. The van der Waals surface area contributed by atoms with Gasteiger partial charge in [0.05, 0.1) is 16.0 Å². The number of carbonyl (C=O) groups is 2. The highest BCUT2D eigenvalue weighted by molar-refractivity contribution is 6.42. The van der Waals surface area contributed by atoms with E-state index in [4.69, 9.17) is 23.2 Å². The zero-order chi connectivity index (χ0) is 19.2. The lowest BCUT2D eigenvalue weighted by Gasteiger charge is -2.31. The van der Waals surface area contributed by atoms with Crippen LogP contribution in [0.3, 0.4) is 0 Å². The lowest BCUT2D eigenvalue weighted by molar-refractivity contribution is -0.130. The maximum Gasteiger partial charge on any atom is 0.246 e. The normalized spacial score (nSPS) is 17.1. The molecule has 1 unspecified atom stereocenters. The number of halogens is 2. The second-order valence-electron chi connectivity index (χ2n) is 6.49. The van der Waals surface area contributed by atoms with E-state index in [9.17, 15) is 9.59 Å². The van der Waals surface area contributed by atoms with Gasteiger partial charge >= 0.3 is 0 Å². The quantitative estimate of drug-likeness (QED) is 0.740. The van der Waals surface area contributed by atoms with E-state index in [2.05, 4.69) is 5.32 Å². The molecule has 1 aliphatic heterocycles. The highest BCUT2D eigenvalue weighted by atomic mass is 35.5. The molecular weight excluding hydrogens is 383 g/mol. The number of piperidine rings is 1. The van der Waals surface area contributed by atoms with E-state index < -0.39 is 0 Å². The molecule has 3 rings (SSSR count). The first-order chi connectivity index (χ1) is 13.0. The van der Waals surface area contributed by atoms with Crippen molar-refractivity contribution >= 4 is 46.8 Å². The molecule has 1 saturated heterocycles. The number of nitrogens with one attached hydrogen (secondary N) is 1. The molecule has 2 amide bonds. The Labute approximate surface area is 168 Å². The van der Waals surface area contributed by atoms with Crippen LogP contribution in [0.2, 0.25) is 10.0 Å². The van der Waals surface area contributed by atoms with Crippen molar-refractivity contribution in [3.05, 3.63) is 70.2 Å². The Morgan fingerprint density at radius 1 is 1.07 bits per heavy atom. The minimum Gasteiger partial charge on any atom is -0.338 e. The molecule has 0 spiro atoms. The molecule has 27 heavy (non-hydrogen) atoms. The Morgan fingerprint density at radius 2 is 1.85 bits per heavy atom. The van der Waals surface area contributed by atoms with Crippen molar-refractivity contribution in [1.29, 1.82) is 0 Å². The number of hydrogen-bond acceptors (Lipinski definition) is 2. The van der Waals surface area contributed by atoms with Crippen LogP contribution in [-0.4, -0.2) is 29.8 Å². The molecule has 0 saturated carbocycles. The van der Waals surface area contributed by atoms with Gasteiger partial charge in [-0.15, -0.1) is 0 Å². The Hall–Kier alpha value is -2.30. The number of rotatable bonds is 4. The average Bonchev–Trinajstić information content (AvgIpc) is 2.69. The molecule has 1 heterocycles. The van der Waals surface area contributed by atoms with Crippen LogP contribution >= 0.6 is 23.2 Å². The maximum absolute atomic E-state index is 12.5.